The number of hydrogen-bond acceptors (Lipinski definition) is 4. The SMILES string of the molecule is CCC(C)Oc1cccc(C(=O)NC(=S)NNC(=O)Cc2ccc(Cl)cc2)c1. The summed E-state index contributed by atoms with van der Waals surface area (Å²) >= 11 is 10.9. The lowest BCUT2D eigenvalue weighted by Gasteiger charge is -2.14. The van der Waals surface area contributed by atoms with Crippen molar-refractivity contribution in [2.45, 2.75) is 32.8 Å². The van der Waals surface area contributed by atoms with Crippen LogP contribution in [0, 0.1) is 0 Å². The first-order valence-electron chi connectivity index (χ1n) is 8.78. The highest BCUT2D eigenvalue weighted by atomic mass is 35.5. The normalized spacial score (nSPS) is 11.2. The van der Waals surface area contributed by atoms with Crippen LogP contribution >= 0.6 is 23.8 Å². The van der Waals surface area contributed by atoms with Gasteiger partial charge in [0.1, 0.15) is 5.75 Å². The lowest BCUT2D eigenvalue weighted by Crippen LogP contribution is -2.48. The molecule has 0 radical (unpaired) electrons. The van der Waals surface area contributed by atoms with Gasteiger partial charge in [-0.25, -0.2) is 0 Å². The fourth-order valence-corrected chi connectivity index (χ4v) is 2.46. The van der Waals surface area contributed by atoms with E-state index in [-0.39, 0.29) is 23.5 Å². The minimum absolute atomic E-state index is 0.0114. The molecule has 0 saturated heterocycles. The van der Waals surface area contributed by atoms with Crippen LogP contribution in [-0.4, -0.2) is 23.0 Å². The molecule has 148 valence electrons. The number of carbonyl (C=O) groups excluding carboxylic acids is 2. The van der Waals surface area contributed by atoms with Gasteiger partial charge in [0, 0.05) is 10.6 Å². The van der Waals surface area contributed by atoms with Crippen LogP contribution in [0.5, 0.6) is 5.75 Å². The summed E-state index contributed by atoms with van der Waals surface area (Å²) in [5, 5.41) is 3.10. The Morgan fingerprint density at radius 3 is 2.54 bits per heavy atom. The van der Waals surface area contributed by atoms with Crippen molar-refractivity contribution in [1.29, 1.82) is 0 Å². The molecule has 1 unspecified atom stereocenters. The molecule has 0 fully saturated rings. The molecule has 3 N–H and O–H groups in total. The number of rotatable bonds is 6. The Bertz CT molecular complexity index is 843. The highest BCUT2D eigenvalue weighted by molar-refractivity contribution is 7.80. The first-order chi connectivity index (χ1) is 13.4. The molecule has 0 spiro atoms. The molecule has 0 bridgehead atoms. The molecule has 2 rings (SSSR count). The quantitative estimate of drug-likeness (QED) is 0.494. The molecule has 28 heavy (non-hydrogen) atoms. The predicted octanol–water partition coefficient (Wildman–Crippen LogP) is 3.40. The Labute approximate surface area is 174 Å². The van der Waals surface area contributed by atoms with Crippen molar-refractivity contribution in [2.75, 3.05) is 0 Å². The maximum Gasteiger partial charge on any atom is 0.257 e. The molecule has 2 aromatic rings. The number of hydrazine groups is 1. The number of amides is 2. The number of carbonyl (C=O) groups is 2. The molecule has 8 heteroatoms. The van der Waals surface area contributed by atoms with Gasteiger partial charge in [-0.05, 0) is 61.5 Å². The summed E-state index contributed by atoms with van der Waals surface area (Å²) in [5.74, 6) is -0.0981. The molecule has 2 aromatic carbocycles. The zero-order valence-corrected chi connectivity index (χ0v) is 17.2. The first kappa shape index (κ1) is 21.7. The molecule has 2 amide bonds. The molecule has 6 nitrogen and oxygen atoms in total. The van der Waals surface area contributed by atoms with Gasteiger partial charge < -0.3 is 4.74 Å². The highest BCUT2D eigenvalue weighted by Crippen LogP contribution is 2.16. The maximum absolute atomic E-state index is 12.3. The van der Waals surface area contributed by atoms with Gasteiger partial charge in [0.25, 0.3) is 5.91 Å². The van der Waals surface area contributed by atoms with E-state index < -0.39 is 5.91 Å². The fourth-order valence-electron chi connectivity index (χ4n) is 2.19. The van der Waals surface area contributed by atoms with Crippen molar-refractivity contribution in [3.05, 3.63) is 64.7 Å². The van der Waals surface area contributed by atoms with Crippen molar-refractivity contribution in [1.82, 2.24) is 16.2 Å². The van der Waals surface area contributed by atoms with Crippen molar-refractivity contribution in [3.63, 3.8) is 0 Å². The van der Waals surface area contributed by atoms with Gasteiger partial charge in [-0.1, -0.05) is 36.7 Å². The molecular weight excluding hydrogens is 398 g/mol. The van der Waals surface area contributed by atoms with Crippen LogP contribution in [0.25, 0.3) is 0 Å². The van der Waals surface area contributed by atoms with Gasteiger partial charge in [0.15, 0.2) is 5.11 Å². The van der Waals surface area contributed by atoms with E-state index >= 15 is 0 Å². The Morgan fingerprint density at radius 2 is 1.86 bits per heavy atom. The molecule has 0 aliphatic rings. The zero-order valence-electron chi connectivity index (χ0n) is 15.6. The summed E-state index contributed by atoms with van der Waals surface area (Å²) in [6.45, 7) is 3.98. The van der Waals surface area contributed by atoms with E-state index in [0.717, 1.165) is 12.0 Å². The number of nitrogens with one attached hydrogen (secondary N) is 3. The Kier molecular flexibility index (Phi) is 8.22. The van der Waals surface area contributed by atoms with Crippen LogP contribution < -0.4 is 20.9 Å². The van der Waals surface area contributed by atoms with Crippen LogP contribution in [0.4, 0.5) is 0 Å². The van der Waals surface area contributed by atoms with Crippen LogP contribution in [0.15, 0.2) is 48.5 Å². The zero-order chi connectivity index (χ0) is 20.5. The monoisotopic (exact) mass is 419 g/mol. The number of benzene rings is 2. The minimum atomic E-state index is -0.404. The Hall–Kier alpha value is -2.64. The molecule has 0 aliphatic carbocycles. The first-order valence-corrected chi connectivity index (χ1v) is 9.57. The second-order valence-electron chi connectivity index (χ2n) is 6.12. The second kappa shape index (κ2) is 10.6. The van der Waals surface area contributed by atoms with Crippen LogP contribution in [-0.2, 0) is 11.2 Å². The van der Waals surface area contributed by atoms with E-state index in [9.17, 15) is 9.59 Å². The standard InChI is InChI=1S/C20H22ClN3O3S/c1-3-13(2)27-17-6-4-5-15(12-17)19(26)22-20(28)24-23-18(25)11-14-7-9-16(21)10-8-14/h4-10,12-13H,3,11H2,1-2H3,(H,23,25)(H2,22,24,26,28). The number of hydrogen-bond donors (Lipinski definition) is 3. The largest absolute Gasteiger partial charge is 0.491 e. The van der Waals surface area contributed by atoms with Gasteiger partial charge in [-0.2, -0.15) is 0 Å². The van der Waals surface area contributed by atoms with Crippen molar-refractivity contribution in [2.24, 2.45) is 0 Å². The number of halogens is 1. The van der Waals surface area contributed by atoms with Crippen LogP contribution in [0.3, 0.4) is 0 Å². The summed E-state index contributed by atoms with van der Waals surface area (Å²) < 4.78 is 5.71. The summed E-state index contributed by atoms with van der Waals surface area (Å²) in [4.78, 5) is 24.2. The average molecular weight is 420 g/mol. The van der Waals surface area contributed by atoms with Gasteiger partial charge in [-0.3, -0.25) is 25.8 Å². The van der Waals surface area contributed by atoms with E-state index in [0.29, 0.717) is 16.3 Å². The van der Waals surface area contributed by atoms with Crippen LogP contribution in [0.2, 0.25) is 5.02 Å². The third-order valence-corrected chi connectivity index (χ3v) is 4.28. The van der Waals surface area contributed by atoms with E-state index in [1.807, 2.05) is 13.8 Å². The summed E-state index contributed by atoms with van der Waals surface area (Å²) in [5.41, 5.74) is 6.16. The smallest absolute Gasteiger partial charge is 0.257 e. The van der Waals surface area contributed by atoms with Gasteiger partial charge in [0.05, 0.1) is 12.5 Å². The number of thiocarbonyl (C=S) groups is 1. The minimum Gasteiger partial charge on any atom is -0.491 e. The lowest BCUT2D eigenvalue weighted by atomic mass is 10.1. The van der Waals surface area contributed by atoms with E-state index in [4.69, 9.17) is 28.6 Å². The van der Waals surface area contributed by atoms with E-state index in [2.05, 4.69) is 16.2 Å². The lowest BCUT2D eigenvalue weighted by molar-refractivity contribution is -0.121. The molecule has 1 atom stereocenters. The van der Waals surface area contributed by atoms with E-state index in [1.165, 1.54) is 0 Å². The molecule has 0 heterocycles. The predicted molar refractivity (Wildman–Crippen MR) is 113 cm³/mol. The second-order valence-corrected chi connectivity index (χ2v) is 6.97. The van der Waals surface area contributed by atoms with Crippen molar-refractivity contribution >= 4 is 40.7 Å². The molecule has 0 aromatic heterocycles. The van der Waals surface area contributed by atoms with Crippen molar-refractivity contribution < 1.29 is 14.3 Å². The van der Waals surface area contributed by atoms with Gasteiger partial charge >= 0.3 is 0 Å². The average Bonchev–Trinajstić information content (AvgIpc) is 2.68. The van der Waals surface area contributed by atoms with E-state index in [1.54, 1.807) is 48.5 Å². The maximum atomic E-state index is 12.3. The van der Waals surface area contributed by atoms with Crippen molar-refractivity contribution in [3.8, 4) is 5.75 Å². The summed E-state index contributed by atoms with van der Waals surface area (Å²) in [6.07, 6.45) is 1.06. The Morgan fingerprint density at radius 1 is 1.14 bits per heavy atom. The Balaban J connectivity index is 1.82. The van der Waals surface area contributed by atoms with Crippen LogP contribution in [0.1, 0.15) is 36.2 Å². The molecule has 0 saturated carbocycles. The third kappa shape index (κ3) is 7.17. The summed E-state index contributed by atoms with van der Waals surface area (Å²) in [6, 6.07) is 13.8. The fraction of sp³-hybridized carbons (Fsp3) is 0.250. The number of ether oxygens (including phenoxy) is 1. The highest BCUT2D eigenvalue weighted by Gasteiger charge is 2.11. The topological polar surface area (TPSA) is 79.5 Å². The summed E-state index contributed by atoms with van der Waals surface area (Å²) in [7, 11) is 0. The third-order valence-electron chi connectivity index (χ3n) is 3.83. The molecular formula is C20H22ClN3O3S. The van der Waals surface area contributed by atoms with Gasteiger partial charge in [0.2, 0.25) is 5.91 Å². The molecule has 0 aliphatic heterocycles. The van der Waals surface area contributed by atoms with Gasteiger partial charge in [-0.15, -0.1) is 0 Å².